The van der Waals surface area contributed by atoms with Crippen molar-refractivity contribution in [2.75, 3.05) is 19.0 Å². The van der Waals surface area contributed by atoms with Gasteiger partial charge in [0.25, 0.3) is 0 Å². The molecule has 0 saturated carbocycles. The highest BCUT2D eigenvalue weighted by atomic mass is 32.1. The van der Waals surface area contributed by atoms with Gasteiger partial charge in [0, 0.05) is 22.0 Å². The smallest absolute Gasteiger partial charge is 0.322 e. The lowest BCUT2D eigenvalue weighted by Gasteiger charge is -2.36. The van der Waals surface area contributed by atoms with Gasteiger partial charge in [0.1, 0.15) is 11.6 Å². The van der Waals surface area contributed by atoms with Crippen molar-refractivity contribution in [1.29, 1.82) is 0 Å². The number of nitrogens with one attached hydrogen (secondary N) is 1. The topological polar surface area (TPSA) is 41.6 Å². The van der Waals surface area contributed by atoms with Crippen LogP contribution in [0.3, 0.4) is 0 Å². The van der Waals surface area contributed by atoms with Gasteiger partial charge < -0.3 is 15.0 Å². The fourth-order valence-corrected chi connectivity index (χ4v) is 6.30. The Morgan fingerprint density at radius 2 is 1.77 bits per heavy atom. The Morgan fingerprint density at radius 3 is 2.52 bits per heavy atom. The predicted molar refractivity (Wildman–Crippen MR) is 122 cm³/mol. The van der Waals surface area contributed by atoms with E-state index >= 15 is 0 Å². The molecule has 0 unspecified atom stereocenters. The summed E-state index contributed by atoms with van der Waals surface area (Å²) in [4.78, 5) is 17.9. The van der Waals surface area contributed by atoms with Crippen LogP contribution in [0.5, 0.6) is 5.75 Å². The van der Waals surface area contributed by atoms with Crippen molar-refractivity contribution in [1.82, 2.24) is 4.90 Å². The number of aryl methyl sites for hydroxylation is 1. The number of thiophene rings is 1. The van der Waals surface area contributed by atoms with Crippen LogP contribution in [-0.2, 0) is 19.3 Å². The molecular formula is C25H25FN2O2S. The van der Waals surface area contributed by atoms with Crippen LogP contribution in [0.1, 0.15) is 45.3 Å². The molecule has 2 amide bonds. The van der Waals surface area contributed by atoms with Gasteiger partial charge in [0.2, 0.25) is 0 Å². The molecule has 1 aliphatic heterocycles. The Balaban J connectivity index is 1.50. The summed E-state index contributed by atoms with van der Waals surface area (Å²) >= 11 is 1.85. The number of fused-ring (bicyclic) bond motifs is 3. The summed E-state index contributed by atoms with van der Waals surface area (Å²) in [6.07, 6.45) is 5.60. The zero-order valence-corrected chi connectivity index (χ0v) is 18.3. The van der Waals surface area contributed by atoms with E-state index in [4.69, 9.17) is 4.74 Å². The van der Waals surface area contributed by atoms with Gasteiger partial charge in [0.15, 0.2) is 0 Å². The van der Waals surface area contributed by atoms with Crippen molar-refractivity contribution in [3.8, 4) is 5.75 Å². The Labute approximate surface area is 185 Å². The number of ether oxygens (including phenoxy) is 1. The number of carbonyl (C=O) groups excluding carboxylic acids is 1. The predicted octanol–water partition coefficient (Wildman–Crippen LogP) is 5.95. The summed E-state index contributed by atoms with van der Waals surface area (Å²) in [5.41, 5.74) is 4.60. The van der Waals surface area contributed by atoms with E-state index in [1.807, 2.05) is 52.6 Å². The minimum atomic E-state index is -0.264. The third-order valence-electron chi connectivity index (χ3n) is 6.26. The summed E-state index contributed by atoms with van der Waals surface area (Å²) in [5, 5.41) is 3.03. The number of hydrogen-bond donors (Lipinski definition) is 1. The number of hydrogen-bond acceptors (Lipinski definition) is 3. The minimum Gasteiger partial charge on any atom is -0.497 e. The fraction of sp³-hybridized carbons (Fsp3) is 0.320. The Kier molecular flexibility index (Phi) is 5.40. The third-order valence-corrected chi connectivity index (χ3v) is 7.65. The summed E-state index contributed by atoms with van der Waals surface area (Å²) in [7, 11) is 1.62. The van der Waals surface area contributed by atoms with Crippen molar-refractivity contribution < 1.29 is 13.9 Å². The minimum absolute atomic E-state index is 0.142. The Morgan fingerprint density at radius 1 is 1.03 bits per heavy atom. The first-order chi connectivity index (χ1) is 15.1. The first-order valence-corrected chi connectivity index (χ1v) is 11.6. The van der Waals surface area contributed by atoms with Gasteiger partial charge in [-0.05, 0) is 85.2 Å². The number of urea groups is 1. The molecule has 1 N–H and O–H groups in total. The van der Waals surface area contributed by atoms with Crippen LogP contribution >= 0.6 is 11.3 Å². The molecule has 31 heavy (non-hydrogen) atoms. The number of methoxy groups -OCH3 is 1. The van der Waals surface area contributed by atoms with Gasteiger partial charge >= 0.3 is 6.03 Å². The third kappa shape index (κ3) is 3.81. The normalized spacial score (nSPS) is 17.6. The molecule has 0 bridgehead atoms. The first-order valence-electron chi connectivity index (χ1n) is 10.7. The van der Waals surface area contributed by atoms with Crippen molar-refractivity contribution in [3.63, 3.8) is 0 Å². The molecule has 3 aromatic rings. The fourth-order valence-electron chi connectivity index (χ4n) is 4.72. The van der Waals surface area contributed by atoms with Crippen molar-refractivity contribution >= 4 is 23.1 Å². The van der Waals surface area contributed by atoms with E-state index < -0.39 is 0 Å². The molecule has 0 saturated heterocycles. The molecule has 1 aliphatic carbocycles. The summed E-state index contributed by atoms with van der Waals surface area (Å²) in [6.45, 7) is 0.639. The molecule has 2 aliphatic rings. The van der Waals surface area contributed by atoms with Crippen LogP contribution in [0.25, 0.3) is 0 Å². The molecule has 2 heterocycles. The molecule has 0 radical (unpaired) electrons. The Bertz CT molecular complexity index is 1090. The standard InChI is InChI=1S/C25H25FN2O2S/c1-30-19-12-10-18(11-13-19)27-25(29)28-15-14-21-20-4-2-3-5-22(20)31-24(21)23(28)16-6-8-17(26)9-7-16/h6-13,23H,2-5,14-15H2,1H3,(H,27,29)/t23-/m1/s1. The maximum Gasteiger partial charge on any atom is 0.322 e. The number of nitrogens with zero attached hydrogens (tertiary/aromatic N) is 1. The lowest BCUT2D eigenvalue weighted by atomic mass is 9.88. The van der Waals surface area contributed by atoms with Crippen LogP contribution in [-0.4, -0.2) is 24.6 Å². The number of halogens is 1. The second-order valence-corrected chi connectivity index (χ2v) is 9.25. The number of anilines is 1. The number of rotatable bonds is 3. The summed E-state index contributed by atoms with van der Waals surface area (Å²) < 4.78 is 18.8. The van der Waals surface area contributed by atoms with E-state index in [0.29, 0.717) is 6.54 Å². The van der Waals surface area contributed by atoms with Gasteiger partial charge in [0.05, 0.1) is 13.2 Å². The highest BCUT2D eigenvalue weighted by molar-refractivity contribution is 7.12. The largest absolute Gasteiger partial charge is 0.497 e. The maximum atomic E-state index is 13.6. The molecule has 0 fully saturated rings. The number of amides is 2. The van der Waals surface area contributed by atoms with Crippen molar-refractivity contribution in [2.45, 2.75) is 38.1 Å². The van der Waals surface area contributed by atoms with Gasteiger partial charge in [-0.3, -0.25) is 0 Å². The maximum absolute atomic E-state index is 13.6. The SMILES string of the molecule is COc1ccc(NC(=O)N2CCc3c(sc4c3CCCC4)[C@H]2c2ccc(F)cc2)cc1. The van der Waals surface area contributed by atoms with E-state index in [2.05, 4.69) is 5.32 Å². The van der Waals surface area contributed by atoms with Crippen LogP contribution < -0.4 is 10.1 Å². The van der Waals surface area contributed by atoms with Crippen LogP contribution in [0.2, 0.25) is 0 Å². The number of benzene rings is 2. The zero-order chi connectivity index (χ0) is 21.4. The highest BCUT2D eigenvalue weighted by Gasteiger charge is 2.36. The second kappa shape index (κ2) is 8.35. The molecule has 1 atom stereocenters. The van der Waals surface area contributed by atoms with E-state index in [-0.39, 0.29) is 17.9 Å². The molecular weight excluding hydrogens is 411 g/mol. The zero-order valence-electron chi connectivity index (χ0n) is 17.5. The van der Waals surface area contributed by atoms with E-state index in [1.165, 1.54) is 45.9 Å². The summed E-state index contributed by atoms with van der Waals surface area (Å²) in [6, 6.07) is 13.6. The van der Waals surface area contributed by atoms with E-state index in [0.717, 1.165) is 36.3 Å². The molecule has 2 aromatic carbocycles. The van der Waals surface area contributed by atoms with E-state index in [1.54, 1.807) is 7.11 Å². The van der Waals surface area contributed by atoms with Gasteiger partial charge in [-0.25, -0.2) is 9.18 Å². The molecule has 0 spiro atoms. The first kappa shape index (κ1) is 20.1. The summed E-state index contributed by atoms with van der Waals surface area (Å²) in [5.74, 6) is 0.480. The monoisotopic (exact) mass is 436 g/mol. The molecule has 4 nitrogen and oxygen atoms in total. The van der Waals surface area contributed by atoms with Gasteiger partial charge in [-0.2, -0.15) is 0 Å². The van der Waals surface area contributed by atoms with Crippen molar-refractivity contribution in [2.24, 2.45) is 0 Å². The van der Waals surface area contributed by atoms with Gasteiger partial charge in [-0.15, -0.1) is 11.3 Å². The molecule has 1 aromatic heterocycles. The average molecular weight is 437 g/mol. The molecule has 5 rings (SSSR count). The van der Waals surface area contributed by atoms with Crippen LogP contribution in [0.15, 0.2) is 48.5 Å². The quantitative estimate of drug-likeness (QED) is 0.551. The number of carbonyl (C=O) groups is 1. The lowest BCUT2D eigenvalue weighted by Crippen LogP contribution is -2.42. The Hall–Kier alpha value is -2.86. The lowest BCUT2D eigenvalue weighted by molar-refractivity contribution is 0.195. The van der Waals surface area contributed by atoms with E-state index in [9.17, 15) is 9.18 Å². The molecule has 160 valence electrons. The van der Waals surface area contributed by atoms with Crippen molar-refractivity contribution in [3.05, 3.63) is 80.8 Å². The van der Waals surface area contributed by atoms with Gasteiger partial charge in [-0.1, -0.05) is 12.1 Å². The van der Waals surface area contributed by atoms with Crippen LogP contribution in [0.4, 0.5) is 14.9 Å². The average Bonchev–Trinajstić information content (AvgIpc) is 3.18. The molecule has 6 heteroatoms. The second-order valence-electron chi connectivity index (χ2n) is 8.11. The highest BCUT2D eigenvalue weighted by Crippen LogP contribution is 2.45. The van der Waals surface area contributed by atoms with Crippen LogP contribution in [0, 0.1) is 5.82 Å².